The number of anilines is 2. The van der Waals surface area contributed by atoms with E-state index in [2.05, 4.69) is 5.32 Å². The largest absolute Gasteiger partial charge is 0.378 e. The molecule has 1 fully saturated rings. The fraction of sp³-hybridized carbons (Fsp3) is 0.619. The number of imide groups is 1. The third kappa shape index (κ3) is 5.37. The second-order valence-electron chi connectivity index (χ2n) is 7.70. The predicted molar refractivity (Wildman–Crippen MR) is 111 cm³/mol. The van der Waals surface area contributed by atoms with Crippen LogP contribution in [0.1, 0.15) is 52.9 Å². The van der Waals surface area contributed by atoms with Gasteiger partial charge in [-0.1, -0.05) is 19.3 Å². The number of benzene rings is 1. The van der Waals surface area contributed by atoms with Crippen molar-refractivity contribution in [2.45, 2.75) is 65.0 Å². The molecule has 0 bridgehead atoms. The van der Waals surface area contributed by atoms with Gasteiger partial charge in [0.15, 0.2) is 0 Å². The van der Waals surface area contributed by atoms with Gasteiger partial charge in [-0.3, -0.25) is 0 Å². The summed E-state index contributed by atoms with van der Waals surface area (Å²) in [5.74, 6) is 0. The van der Waals surface area contributed by atoms with E-state index in [0.717, 1.165) is 31.4 Å². The number of hydrogen-bond donors (Lipinski definition) is 1. The summed E-state index contributed by atoms with van der Waals surface area (Å²) in [5, 5.41) is 2.87. The minimum atomic E-state index is -0.373. The Labute approximate surface area is 163 Å². The molecule has 1 aromatic rings. The predicted octanol–water partition coefficient (Wildman–Crippen LogP) is 4.77. The van der Waals surface area contributed by atoms with Gasteiger partial charge in [-0.15, -0.1) is 0 Å². The molecular weight excluding hydrogens is 340 g/mol. The van der Waals surface area contributed by atoms with Crippen molar-refractivity contribution in [1.29, 1.82) is 0 Å². The highest BCUT2D eigenvalue weighted by Gasteiger charge is 2.32. The first-order chi connectivity index (χ1) is 12.8. The Morgan fingerprint density at radius 3 is 2.15 bits per heavy atom. The maximum atomic E-state index is 13.2. The number of carbonyl (C=O) groups excluding carboxylic acids is 2. The van der Waals surface area contributed by atoms with Crippen molar-refractivity contribution in [2.75, 3.05) is 30.9 Å². The summed E-state index contributed by atoms with van der Waals surface area (Å²) in [6, 6.07) is 7.06. The summed E-state index contributed by atoms with van der Waals surface area (Å²) in [5.41, 5.74) is 1.74. The molecule has 0 saturated heterocycles. The van der Waals surface area contributed by atoms with Gasteiger partial charge in [0.05, 0.1) is 0 Å². The SMILES string of the molecule is CCN(C(=O)N(C(=O)Nc1ccc(N(C)C)cc1)C(C)C)C1CCCCC1. The highest BCUT2D eigenvalue weighted by Crippen LogP contribution is 2.24. The van der Waals surface area contributed by atoms with Crippen molar-refractivity contribution in [3.05, 3.63) is 24.3 Å². The zero-order valence-electron chi connectivity index (χ0n) is 17.4. The molecule has 6 heteroatoms. The Kier molecular flexibility index (Phi) is 7.51. The van der Waals surface area contributed by atoms with E-state index in [4.69, 9.17) is 0 Å². The topological polar surface area (TPSA) is 55.9 Å². The molecule has 0 radical (unpaired) electrons. The van der Waals surface area contributed by atoms with Gasteiger partial charge < -0.3 is 15.1 Å². The van der Waals surface area contributed by atoms with Crippen LogP contribution in [0, 0.1) is 0 Å². The van der Waals surface area contributed by atoms with Crippen LogP contribution in [0.25, 0.3) is 0 Å². The Morgan fingerprint density at radius 2 is 1.67 bits per heavy atom. The summed E-state index contributed by atoms with van der Waals surface area (Å²) >= 11 is 0. The van der Waals surface area contributed by atoms with Crippen molar-refractivity contribution in [3.63, 3.8) is 0 Å². The first-order valence-electron chi connectivity index (χ1n) is 10.0. The van der Waals surface area contributed by atoms with Crippen LogP contribution >= 0.6 is 0 Å². The number of urea groups is 2. The van der Waals surface area contributed by atoms with Gasteiger partial charge in [0.2, 0.25) is 0 Å². The van der Waals surface area contributed by atoms with Gasteiger partial charge in [-0.25, -0.2) is 14.5 Å². The van der Waals surface area contributed by atoms with Crippen LogP contribution in [0.4, 0.5) is 21.0 Å². The van der Waals surface area contributed by atoms with Crippen LogP contribution in [0.15, 0.2) is 24.3 Å². The number of carbonyl (C=O) groups is 2. The molecular formula is C21H34N4O2. The molecule has 6 nitrogen and oxygen atoms in total. The Morgan fingerprint density at radius 1 is 1.07 bits per heavy atom. The number of hydrogen-bond acceptors (Lipinski definition) is 3. The van der Waals surface area contributed by atoms with Crippen molar-refractivity contribution < 1.29 is 9.59 Å². The van der Waals surface area contributed by atoms with E-state index in [1.165, 1.54) is 11.3 Å². The maximum Gasteiger partial charge on any atom is 0.330 e. The number of amides is 4. The zero-order chi connectivity index (χ0) is 20.0. The molecule has 0 atom stereocenters. The van der Waals surface area contributed by atoms with Crippen LogP contribution in [-0.4, -0.2) is 54.6 Å². The van der Waals surface area contributed by atoms with Crippen molar-refractivity contribution in [1.82, 2.24) is 9.80 Å². The number of nitrogens with zero attached hydrogens (tertiary/aromatic N) is 3. The van der Waals surface area contributed by atoms with Gasteiger partial charge in [-0.05, 0) is 57.9 Å². The van der Waals surface area contributed by atoms with Crippen LogP contribution in [-0.2, 0) is 0 Å². The normalized spacial score (nSPS) is 14.7. The molecule has 0 aliphatic heterocycles. The van der Waals surface area contributed by atoms with Crippen LogP contribution < -0.4 is 10.2 Å². The fourth-order valence-electron chi connectivity index (χ4n) is 3.65. The highest BCUT2D eigenvalue weighted by molar-refractivity contribution is 6.01. The molecule has 4 amide bonds. The summed E-state index contributed by atoms with van der Waals surface area (Å²) < 4.78 is 0. The van der Waals surface area contributed by atoms with Crippen LogP contribution in [0.2, 0.25) is 0 Å². The second kappa shape index (κ2) is 9.62. The number of nitrogens with one attached hydrogen (secondary N) is 1. The molecule has 1 aliphatic carbocycles. The number of rotatable bonds is 5. The lowest BCUT2D eigenvalue weighted by Gasteiger charge is -2.37. The van der Waals surface area contributed by atoms with Gasteiger partial charge in [0.25, 0.3) is 0 Å². The van der Waals surface area contributed by atoms with Gasteiger partial charge in [0, 0.05) is 44.1 Å². The monoisotopic (exact) mass is 374 g/mol. The summed E-state index contributed by atoms with van der Waals surface area (Å²) in [6.07, 6.45) is 5.60. The molecule has 1 N–H and O–H groups in total. The average molecular weight is 375 g/mol. The molecule has 150 valence electrons. The molecule has 1 aliphatic rings. The Bertz CT molecular complexity index is 622. The lowest BCUT2D eigenvalue weighted by atomic mass is 9.94. The quantitative estimate of drug-likeness (QED) is 0.808. The van der Waals surface area contributed by atoms with Gasteiger partial charge >= 0.3 is 12.1 Å². The summed E-state index contributed by atoms with van der Waals surface area (Å²) in [7, 11) is 3.94. The van der Waals surface area contributed by atoms with E-state index in [1.807, 2.05) is 68.9 Å². The minimum absolute atomic E-state index is 0.193. The zero-order valence-corrected chi connectivity index (χ0v) is 17.4. The first-order valence-corrected chi connectivity index (χ1v) is 10.0. The lowest BCUT2D eigenvalue weighted by molar-refractivity contribution is 0.123. The maximum absolute atomic E-state index is 13.2. The van der Waals surface area contributed by atoms with Gasteiger partial charge in [0.1, 0.15) is 0 Å². The van der Waals surface area contributed by atoms with Crippen LogP contribution in [0.3, 0.4) is 0 Å². The van der Waals surface area contributed by atoms with E-state index < -0.39 is 0 Å². The smallest absolute Gasteiger partial charge is 0.330 e. The van der Waals surface area contributed by atoms with E-state index in [0.29, 0.717) is 12.2 Å². The third-order valence-corrected chi connectivity index (χ3v) is 5.18. The molecule has 1 aromatic carbocycles. The standard InChI is InChI=1S/C21H34N4O2/c1-6-24(19-10-8-7-9-11-19)21(27)25(16(2)3)20(26)22-17-12-14-18(15-13-17)23(4)5/h12-16,19H,6-11H2,1-5H3,(H,22,26). The third-order valence-electron chi connectivity index (χ3n) is 5.18. The van der Waals surface area contributed by atoms with Crippen molar-refractivity contribution >= 4 is 23.4 Å². The van der Waals surface area contributed by atoms with Crippen molar-refractivity contribution in [2.24, 2.45) is 0 Å². The first kappa shape index (κ1) is 21.1. The van der Waals surface area contributed by atoms with E-state index in [9.17, 15) is 9.59 Å². The summed E-state index contributed by atoms with van der Waals surface area (Å²) in [4.78, 5) is 31.3. The second-order valence-corrected chi connectivity index (χ2v) is 7.70. The molecule has 27 heavy (non-hydrogen) atoms. The molecule has 0 heterocycles. The molecule has 0 aromatic heterocycles. The average Bonchev–Trinajstić information content (AvgIpc) is 2.63. The fourth-order valence-corrected chi connectivity index (χ4v) is 3.65. The Balaban J connectivity index is 2.11. The molecule has 0 unspecified atom stereocenters. The van der Waals surface area contributed by atoms with E-state index in [1.54, 1.807) is 0 Å². The minimum Gasteiger partial charge on any atom is -0.378 e. The van der Waals surface area contributed by atoms with Crippen LogP contribution in [0.5, 0.6) is 0 Å². The molecule has 2 rings (SSSR count). The van der Waals surface area contributed by atoms with E-state index >= 15 is 0 Å². The van der Waals surface area contributed by atoms with Crippen molar-refractivity contribution in [3.8, 4) is 0 Å². The lowest BCUT2D eigenvalue weighted by Crippen LogP contribution is -2.54. The summed E-state index contributed by atoms with van der Waals surface area (Å²) in [6.45, 7) is 6.36. The molecule has 1 saturated carbocycles. The molecule has 0 spiro atoms. The highest BCUT2D eigenvalue weighted by atomic mass is 16.2. The van der Waals surface area contributed by atoms with E-state index in [-0.39, 0.29) is 24.1 Å². The van der Waals surface area contributed by atoms with Gasteiger partial charge in [-0.2, -0.15) is 0 Å². The Hall–Kier alpha value is -2.24.